The van der Waals surface area contributed by atoms with Gasteiger partial charge in [0.15, 0.2) is 0 Å². The van der Waals surface area contributed by atoms with Gasteiger partial charge >= 0.3 is 0 Å². The fraction of sp³-hybridized carbons (Fsp3) is 0.167. The molecule has 0 atom stereocenters. The zero-order valence-corrected chi connectivity index (χ0v) is 3.99. The second kappa shape index (κ2) is 4.48. The minimum Gasteiger partial charge on any atom is -0.0988 e. The molecular formula is C6H8. The van der Waals surface area contributed by atoms with Crippen molar-refractivity contribution in [1.82, 2.24) is 0 Å². The van der Waals surface area contributed by atoms with Crippen LogP contribution >= 0.6 is 0 Å². The van der Waals surface area contributed by atoms with E-state index in [4.69, 9.17) is 0 Å². The molecule has 0 nitrogen and oxygen atoms in total. The normalized spacial score (nSPS) is 5.50. The Bertz CT molecular complexity index is 51.1. The van der Waals surface area contributed by atoms with Gasteiger partial charge in [-0.2, -0.15) is 0 Å². The van der Waals surface area contributed by atoms with Gasteiger partial charge in [0.05, 0.1) is 0 Å². The average molecular weight is 80.1 g/mol. The van der Waals surface area contributed by atoms with Crippen LogP contribution in [0.2, 0.25) is 0 Å². The molecule has 0 aliphatic heterocycles. The van der Waals surface area contributed by atoms with E-state index in [-0.39, 0.29) is 7.43 Å². The highest BCUT2D eigenvalue weighted by Crippen LogP contribution is 1.81. The zero-order valence-electron chi connectivity index (χ0n) is 3.99. The summed E-state index contributed by atoms with van der Waals surface area (Å²) in [7, 11) is 0. The highest BCUT2D eigenvalue weighted by atomic mass is 13.7. The van der Waals surface area contributed by atoms with Gasteiger partial charge in [0.1, 0.15) is 0 Å². The zero-order chi connectivity index (χ0) is 4.28. The lowest BCUT2D eigenvalue weighted by atomic mass is 10.4. The lowest BCUT2D eigenvalue weighted by molar-refractivity contribution is 1.58. The molecule has 0 rings (SSSR count). The van der Waals surface area contributed by atoms with Gasteiger partial charge in [0, 0.05) is 7.43 Å². The predicted octanol–water partition coefficient (Wildman–Crippen LogP) is 1.83. The predicted molar refractivity (Wildman–Crippen MR) is 28.3 cm³/mol. The summed E-state index contributed by atoms with van der Waals surface area (Å²) in [6.45, 7) is 8.93. The van der Waals surface area contributed by atoms with Crippen molar-refractivity contribution in [2.75, 3.05) is 0 Å². The second-order valence-electron chi connectivity index (χ2n) is 1.05. The number of allylic oxidation sites excluding steroid dienone is 2. The van der Waals surface area contributed by atoms with Gasteiger partial charge in [-0.05, 0) is 6.92 Å². The minimum atomic E-state index is 0. The monoisotopic (exact) mass is 80.1 g/mol. The molecule has 0 unspecified atom stereocenters. The third kappa shape index (κ3) is 9.77. The highest BCUT2D eigenvalue weighted by molar-refractivity contribution is 5.05. The van der Waals surface area contributed by atoms with E-state index < -0.39 is 0 Å². The van der Waals surface area contributed by atoms with E-state index in [1.165, 1.54) is 0 Å². The summed E-state index contributed by atoms with van der Waals surface area (Å²) < 4.78 is 0. The molecule has 0 N–H and O–H groups in total. The first kappa shape index (κ1) is 9.08. The van der Waals surface area contributed by atoms with Crippen LogP contribution in [0.3, 0.4) is 0 Å². The quantitative estimate of drug-likeness (QED) is 0.421. The van der Waals surface area contributed by atoms with Gasteiger partial charge in [-0.15, -0.1) is 0 Å². The molecule has 32 valence electrons. The summed E-state index contributed by atoms with van der Waals surface area (Å²) in [5, 5.41) is 0. The molecular weight excluding hydrogens is 72.1 g/mol. The van der Waals surface area contributed by atoms with Gasteiger partial charge in [-0.25, -0.2) is 0 Å². The third-order valence-corrected chi connectivity index (χ3v) is 0.348. The van der Waals surface area contributed by atoms with E-state index in [1.807, 2.05) is 6.92 Å². The number of rotatable bonds is 1. The number of hydrogen-bond donors (Lipinski definition) is 0. The van der Waals surface area contributed by atoms with Crippen molar-refractivity contribution in [3.8, 4) is 0 Å². The van der Waals surface area contributed by atoms with Crippen LogP contribution in [0.4, 0.5) is 0 Å². The van der Waals surface area contributed by atoms with E-state index in [0.29, 0.717) is 0 Å². The van der Waals surface area contributed by atoms with Gasteiger partial charge in [-0.3, -0.25) is 0 Å². The Morgan fingerprint density at radius 2 is 1.83 bits per heavy atom. The highest BCUT2D eigenvalue weighted by Gasteiger charge is 1.59. The van der Waals surface area contributed by atoms with Crippen LogP contribution in [0.25, 0.3) is 0 Å². The molecule has 0 saturated carbocycles. The smallest absolute Gasteiger partial charge is 0 e. The molecule has 0 aliphatic rings. The summed E-state index contributed by atoms with van der Waals surface area (Å²) in [6.07, 6.45) is 1.72. The molecule has 0 aliphatic carbocycles. The Morgan fingerprint density at radius 1 is 1.67 bits per heavy atom. The Morgan fingerprint density at radius 3 is 1.83 bits per heavy atom. The molecule has 0 aromatic rings. The van der Waals surface area contributed by atoms with Crippen molar-refractivity contribution >= 4 is 0 Å². The molecule has 4 radical (unpaired) electrons. The Labute approximate surface area is 40.2 Å². The topological polar surface area (TPSA) is 0 Å². The van der Waals surface area contributed by atoms with Crippen molar-refractivity contribution in [1.29, 1.82) is 0 Å². The molecule has 0 aromatic heterocycles. The van der Waals surface area contributed by atoms with Gasteiger partial charge in [0.25, 0.3) is 0 Å². The van der Waals surface area contributed by atoms with Crippen LogP contribution in [-0.2, 0) is 0 Å². The molecule has 0 aromatic carbocycles. The molecule has 0 amide bonds. The maximum atomic E-state index is 3.56. The maximum Gasteiger partial charge on any atom is 0 e. The van der Waals surface area contributed by atoms with Crippen molar-refractivity contribution in [2.24, 2.45) is 0 Å². The van der Waals surface area contributed by atoms with Crippen LogP contribution in [0.15, 0.2) is 24.8 Å². The molecule has 0 saturated heterocycles. The largest absolute Gasteiger partial charge is 0.0988 e. The Kier molecular flexibility index (Phi) is 6.78. The molecule has 6 heavy (non-hydrogen) atoms. The fourth-order valence-electron chi connectivity index (χ4n) is 0. The lowest BCUT2D eigenvalue weighted by Gasteiger charge is -1.71. The van der Waals surface area contributed by atoms with Crippen molar-refractivity contribution < 1.29 is 0 Å². The summed E-state index contributed by atoms with van der Waals surface area (Å²) in [6, 6.07) is 0. The first-order valence-corrected chi connectivity index (χ1v) is 1.55. The van der Waals surface area contributed by atoms with Crippen molar-refractivity contribution in [2.45, 2.75) is 6.92 Å². The first-order chi connectivity index (χ1) is 2.27. The van der Waals surface area contributed by atoms with Crippen LogP contribution in [0.1, 0.15) is 6.92 Å². The van der Waals surface area contributed by atoms with Crippen molar-refractivity contribution in [3.05, 3.63) is 32.2 Å². The van der Waals surface area contributed by atoms with Gasteiger partial charge in [-0.1, -0.05) is 24.8 Å². The molecule has 0 heterocycles. The van der Waals surface area contributed by atoms with E-state index >= 15 is 0 Å². The van der Waals surface area contributed by atoms with Crippen molar-refractivity contribution in [3.63, 3.8) is 0 Å². The molecule has 0 heteroatoms. The van der Waals surface area contributed by atoms with E-state index in [9.17, 15) is 0 Å². The Hall–Kier alpha value is -0.520. The number of hydrogen-bond acceptors (Lipinski definition) is 0. The summed E-state index contributed by atoms with van der Waals surface area (Å²) in [4.78, 5) is 0. The molecule has 0 spiro atoms. The minimum absolute atomic E-state index is 0. The van der Waals surface area contributed by atoms with Crippen LogP contribution in [-0.4, -0.2) is 0 Å². The van der Waals surface area contributed by atoms with E-state index in [1.54, 1.807) is 6.08 Å². The van der Waals surface area contributed by atoms with Gasteiger partial charge < -0.3 is 0 Å². The fourth-order valence-corrected chi connectivity index (χ4v) is 0. The standard InChI is InChI=1S/C5H8.C/c1-4-5(2)3;/h4H,1-2H2,3H3;. The van der Waals surface area contributed by atoms with E-state index in [0.717, 1.165) is 5.57 Å². The summed E-state index contributed by atoms with van der Waals surface area (Å²) >= 11 is 0. The Balaban J connectivity index is 0. The van der Waals surface area contributed by atoms with Crippen LogP contribution < -0.4 is 0 Å². The SMILES string of the molecule is C=CC(=C)C.[C]. The van der Waals surface area contributed by atoms with E-state index in [2.05, 4.69) is 13.2 Å². The summed E-state index contributed by atoms with van der Waals surface area (Å²) in [5.74, 6) is 0. The van der Waals surface area contributed by atoms with Gasteiger partial charge in [0.2, 0.25) is 0 Å². The molecule has 0 fully saturated rings. The molecule has 0 bridgehead atoms. The average Bonchev–Trinajstić information content (AvgIpc) is 1.38. The van der Waals surface area contributed by atoms with Crippen LogP contribution in [0.5, 0.6) is 0 Å². The second-order valence-corrected chi connectivity index (χ2v) is 1.05. The third-order valence-electron chi connectivity index (χ3n) is 0.348. The summed E-state index contributed by atoms with van der Waals surface area (Å²) in [5.41, 5.74) is 1.02. The van der Waals surface area contributed by atoms with Crippen LogP contribution in [0, 0.1) is 7.43 Å². The maximum absolute atomic E-state index is 3.56. The lowest BCUT2D eigenvalue weighted by Crippen LogP contribution is -1.50. The first-order valence-electron chi connectivity index (χ1n) is 1.55.